The van der Waals surface area contributed by atoms with Crippen molar-refractivity contribution in [2.75, 3.05) is 39.5 Å². The summed E-state index contributed by atoms with van der Waals surface area (Å²) in [5, 5.41) is 2.99. The number of hydrogen-bond acceptors (Lipinski definition) is 4. The standard InChI is InChI=1S/C30H60N2O4S/c1-4-5-6-7-8-9-10-11-12-13-14-15-16-17-18-19-20-21-22-25-30(33)31-26-23-27-32(2,3)28-24-29-37(34,35)36/h11-12H,4-10,13-29H2,1-3H3,(H-,31,33,34,35,36)/b12-11+. The van der Waals surface area contributed by atoms with E-state index in [1.165, 1.54) is 96.3 Å². The van der Waals surface area contributed by atoms with Crippen molar-refractivity contribution < 1.29 is 22.2 Å². The Balaban J connectivity index is 3.40. The summed E-state index contributed by atoms with van der Waals surface area (Å²) in [6, 6.07) is 0. The van der Waals surface area contributed by atoms with Gasteiger partial charge in [0, 0.05) is 31.6 Å². The van der Waals surface area contributed by atoms with Gasteiger partial charge in [-0.2, -0.15) is 0 Å². The van der Waals surface area contributed by atoms with Crippen molar-refractivity contribution in [2.24, 2.45) is 0 Å². The molecule has 37 heavy (non-hydrogen) atoms. The van der Waals surface area contributed by atoms with Crippen LogP contribution in [-0.2, 0) is 14.9 Å². The van der Waals surface area contributed by atoms with Crippen LogP contribution < -0.4 is 5.32 Å². The van der Waals surface area contributed by atoms with Gasteiger partial charge in [0.2, 0.25) is 5.91 Å². The molecule has 0 aliphatic heterocycles. The largest absolute Gasteiger partial charge is 0.748 e. The molecule has 0 aromatic rings. The Morgan fingerprint density at radius 1 is 0.703 bits per heavy atom. The number of hydrogen-bond donors (Lipinski definition) is 1. The Kier molecular flexibility index (Phi) is 23.5. The van der Waals surface area contributed by atoms with Gasteiger partial charge < -0.3 is 14.4 Å². The van der Waals surface area contributed by atoms with Gasteiger partial charge in [0.15, 0.2) is 0 Å². The maximum Gasteiger partial charge on any atom is 0.219 e. The summed E-state index contributed by atoms with van der Waals surface area (Å²) >= 11 is 0. The van der Waals surface area contributed by atoms with Crippen LogP contribution in [0.5, 0.6) is 0 Å². The second kappa shape index (κ2) is 24.1. The minimum absolute atomic E-state index is 0.128. The van der Waals surface area contributed by atoms with Crippen molar-refractivity contribution in [3.8, 4) is 0 Å². The number of allylic oxidation sites excluding steroid dienone is 2. The average molecular weight is 545 g/mol. The van der Waals surface area contributed by atoms with E-state index in [0.29, 0.717) is 30.4 Å². The summed E-state index contributed by atoms with van der Waals surface area (Å²) in [7, 11) is -0.0843. The third-order valence-electron chi connectivity index (χ3n) is 7.09. The summed E-state index contributed by atoms with van der Waals surface area (Å²) in [5.41, 5.74) is 0. The van der Waals surface area contributed by atoms with Crippen LogP contribution in [0.2, 0.25) is 0 Å². The van der Waals surface area contributed by atoms with Crippen LogP contribution in [0, 0.1) is 0 Å². The Morgan fingerprint density at radius 2 is 1.16 bits per heavy atom. The number of quaternary nitrogens is 1. The highest BCUT2D eigenvalue weighted by atomic mass is 32.2. The molecule has 0 aliphatic carbocycles. The molecule has 0 saturated heterocycles. The highest BCUT2D eigenvalue weighted by Gasteiger charge is 2.15. The molecule has 6 nitrogen and oxygen atoms in total. The summed E-state index contributed by atoms with van der Waals surface area (Å²) in [4.78, 5) is 12.0. The van der Waals surface area contributed by atoms with E-state index in [4.69, 9.17) is 0 Å². The summed E-state index contributed by atoms with van der Waals surface area (Å²) in [6.45, 7) is 4.41. The van der Waals surface area contributed by atoms with E-state index in [0.717, 1.165) is 25.8 Å². The fraction of sp³-hybridized carbons (Fsp3) is 0.900. The van der Waals surface area contributed by atoms with Crippen molar-refractivity contribution >= 4 is 16.0 Å². The fourth-order valence-electron chi connectivity index (χ4n) is 4.67. The van der Waals surface area contributed by atoms with Gasteiger partial charge in [-0.1, -0.05) is 96.1 Å². The van der Waals surface area contributed by atoms with Crippen LogP contribution in [-0.4, -0.2) is 62.8 Å². The second-order valence-electron chi connectivity index (χ2n) is 11.5. The molecule has 0 bridgehead atoms. The van der Waals surface area contributed by atoms with Crippen LogP contribution in [0.3, 0.4) is 0 Å². The molecule has 0 aliphatic rings. The van der Waals surface area contributed by atoms with Gasteiger partial charge in [0.05, 0.1) is 37.3 Å². The molecule has 7 heteroatoms. The number of nitrogens with one attached hydrogen (secondary N) is 1. The zero-order valence-electron chi connectivity index (χ0n) is 24.6. The van der Waals surface area contributed by atoms with Crippen molar-refractivity contribution in [3.05, 3.63) is 12.2 Å². The van der Waals surface area contributed by atoms with Gasteiger partial charge in [0.25, 0.3) is 0 Å². The van der Waals surface area contributed by atoms with Crippen LogP contribution in [0.4, 0.5) is 0 Å². The molecule has 0 unspecified atom stereocenters. The third-order valence-corrected chi connectivity index (χ3v) is 7.87. The predicted molar refractivity (Wildman–Crippen MR) is 157 cm³/mol. The van der Waals surface area contributed by atoms with E-state index in [-0.39, 0.29) is 11.7 Å². The van der Waals surface area contributed by atoms with Crippen molar-refractivity contribution in [3.63, 3.8) is 0 Å². The normalized spacial score (nSPS) is 12.4. The molecule has 0 aromatic carbocycles. The van der Waals surface area contributed by atoms with Gasteiger partial charge in [0.1, 0.15) is 0 Å². The number of amides is 1. The molecule has 0 heterocycles. The van der Waals surface area contributed by atoms with Crippen LogP contribution in [0.25, 0.3) is 0 Å². The minimum Gasteiger partial charge on any atom is -0.748 e. The van der Waals surface area contributed by atoms with Gasteiger partial charge in [-0.15, -0.1) is 0 Å². The van der Waals surface area contributed by atoms with E-state index < -0.39 is 10.1 Å². The molecule has 1 N–H and O–H groups in total. The molecule has 0 saturated carbocycles. The quantitative estimate of drug-likeness (QED) is 0.0517. The number of carbonyl (C=O) groups excluding carboxylic acids is 1. The third kappa shape index (κ3) is 29.5. The Bertz CT molecular complexity index is 662. The Labute approximate surface area is 230 Å². The fourth-order valence-corrected chi connectivity index (χ4v) is 5.15. The molecule has 0 rings (SSSR count). The summed E-state index contributed by atoms with van der Waals surface area (Å²) < 4.78 is 32.8. The number of unbranched alkanes of at least 4 members (excludes halogenated alkanes) is 15. The molecule has 1 amide bonds. The first kappa shape index (κ1) is 36.1. The molecule has 0 aromatic heterocycles. The summed E-state index contributed by atoms with van der Waals surface area (Å²) in [6.07, 6.45) is 28.6. The van der Waals surface area contributed by atoms with Crippen LogP contribution in [0.1, 0.15) is 135 Å². The monoisotopic (exact) mass is 544 g/mol. The van der Waals surface area contributed by atoms with E-state index in [9.17, 15) is 17.8 Å². The van der Waals surface area contributed by atoms with Gasteiger partial charge in [-0.3, -0.25) is 4.79 Å². The zero-order chi connectivity index (χ0) is 27.7. The molecule has 0 fully saturated rings. The number of rotatable bonds is 27. The van der Waals surface area contributed by atoms with E-state index in [1.54, 1.807) is 0 Å². The van der Waals surface area contributed by atoms with Crippen molar-refractivity contribution in [1.29, 1.82) is 0 Å². The Morgan fingerprint density at radius 3 is 1.68 bits per heavy atom. The lowest BCUT2D eigenvalue weighted by molar-refractivity contribution is -0.890. The molecule has 220 valence electrons. The average Bonchev–Trinajstić information content (AvgIpc) is 2.82. The second-order valence-corrected chi connectivity index (χ2v) is 13.0. The highest BCUT2D eigenvalue weighted by molar-refractivity contribution is 7.85. The maximum absolute atomic E-state index is 12.0. The van der Waals surface area contributed by atoms with E-state index >= 15 is 0 Å². The first-order valence-corrected chi connectivity index (χ1v) is 16.9. The lowest BCUT2D eigenvalue weighted by Crippen LogP contribution is -2.43. The maximum atomic E-state index is 12.0. The number of carbonyl (C=O) groups is 1. The molecular formula is C30H60N2O4S. The smallest absolute Gasteiger partial charge is 0.219 e. The highest BCUT2D eigenvalue weighted by Crippen LogP contribution is 2.12. The van der Waals surface area contributed by atoms with Crippen molar-refractivity contribution in [1.82, 2.24) is 5.32 Å². The molecular weight excluding hydrogens is 484 g/mol. The topological polar surface area (TPSA) is 86.3 Å². The van der Waals surface area contributed by atoms with Gasteiger partial charge in [-0.25, -0.2) is 8.42 Å². The summed E-state index contributed by atoms with van der Waals surface area (Å²) in [5.74, 6) is -0.174. The van der Waals surface area contributed by atoms with E-state index in [1.807, 2.05) is 14.1 Å². The van der Waals surface area contributed by atoms with Gasteiger partial charge in [-0.05, 0) is 32.1 Å². The lowest BCUT2D eigenvalue weighted by Gasteiger charge is -2.30. The SMILES string of the molecule is CCCCCCCC/C=C/CCCCCCCCCCCC(=O)NCCC[N+](C)(C)CCCS(=O)(=O)[O-]. The van der Waals surface area contributed by atoms with E-state index in [2.05, 4.69) is 24.4 Å². The number of nitrogens with zero attached hydrogens (tertiary/aromatic N) is 1. The Hall–Kier alpha value is -0.920. The first-order valence-electron chi connectivity index (χ1n) is 15.3. The molecule has 0 spiro atoms. The lowest BCUT2D eigenvalue weighted by atomic mass is 10.1. The first-order chi connectivity index (χ1) is 17.7. The molecule has 0 atom stereocenters. The zero-order valence-corrected chi connectivity index (χ0v) is 25.4. The minimum atomic E-state index is -4.13. The van der Waals surface area contributed by atoms with Crippen LogP contribution in [0.15, 0.2) is 12.2 Å². The van der Waals surface area contributed by atoms with Crippen LogP contribution >= 0.6 is 0 Å². The van der Waals surface area contributed by atoms with Gasteiger partial charge >= 0.3 is 0 Å². The predicted octanol–water partition coefficient (Wildman–Crippen LogP) is 7.10. The molecule has 0 radical (unpaired) electrons. The van der Waals surface area contributed by atoms with Crippen molar-refractivity contribution in [2.45, 2.75) is 135 Å².